The van der Waals surface area contributed by atoms with E-state index in [9.17, 15) is 4.39 Å². The molecule has 1 heterocycles. The van der Waals surface area contributed by atoms with Gasteiger partial charge >= 0.3 is 0 Å². The van der Waals surface area contributed by atoms with E-state index >= 15 is 0 Å². The SMILES string of the molecule is Fc1cnccc1OCC1CC1. The predicted molar refractivity (Wildman–Crippen MR) is 42.4 cm³/mol. The molecule has 1 saturated carbocycles. The first-order valence-electron chi connectivity index (χ1n) is 4.08. The van der Waals surface area contributed by atoms with Crippen LogP contribution in [0, 0.1) is 11.7 Å². The van der Waals surface area contributed by atoms with E-state index in [1.807, 2.05) is 0 Å². The second kappa shape index (κ2) is 3.09. The van der Waals surface area contributed by atoms with Crippen LogP contribution in [-0.2, 0) is 0 Å². The van der Waals surface area contributed by atoms with Crippen molar-refractivity contribution in [3.8, 4) is 5.75 Å². The Hall–Kier alpha value is -1.12. The molecule has 0 amide bonds. The topological polar surface area (TPSA) is 22.1 Å². The average Bonchev–Trinajstić information content (AvgIpc) is 2.86. The number of nitrogens with zero attached hydrogens (tertiary/aromatic N) is 1. The monoisotopic (exact) mass is 167 g/mol. The third-order valence-corrected chi connectivity index (χ3v) is 1.91. The third kappa shape index (κ3) is 1.72. The molecular formula is C9H10FNO. The van der Waals surface area contributed by atoms with Gasteiger partial charge in [0.1, 0.15) is 0 Å². The van der Waals surface area contributed by atoms with Crippen LogP contribution in [0.5, 0.6) is 5.75 Å². The van der Waals surface area contributed by atoms with Crippen LogP contribution in [0.4, 0.5) is 4.39 Å². The molecule has 64 valence electrons. The van der Waals surface area contributed by atoms with Crippen molar-refractivity contribution < 1.29 is 9.13 Å². The standard InChI is InChI=1S/C9H10FNO/c10-8-5-11-4-3-9(8)12-6-7-1-2-7/h3-5,7H,1-2,6H2. The van der Waals surface area contributed by atoms with Crippen molar-refractivity contribution in [1.82, 2.24) is 4.98 Å². The van der Waals surface area contributed by atoms with E-state index in [-0.39, 0.29) is 5.82 Å². The summed E-state index contributed by atoms with van der Waals surface area (Å²) in [6.07, 6.45) is 5.13. The molecular weight excluding hydrogens is 157 g/mol. The van der Waals surface area contributed by atoms with Gasteiger partial charge < -0.3 is 4.74 Å². The summed E-state index contributed by atoms with van der Waals surface area (Å²) >= 11 is 0. The molecule has 0 radical (unpaired) electrons. The summed E-state index contributed by atoms with van der Waals surface area (Å²) in [5, 5.41) is 0. The van der Waals surface area contributed by atoms with Crippen molar-refractivity contribution in [2.24, 2.45) is 5.92 Å². The van der Waals surface area contributed by atoms with Crippen LogP contribution in [-0.4, -0.2) is 11.6 Å². The molecule has 1 fully saturated rings. The van der Waals surface area contributed by atoms with Gasteiger partial charge in [0.15, 0.2) is 11.6 Å². The second-order valence-corrected chi connectivity index (χ2v) is 3.06. The lowest BCUT2D eigenvalue weighted by atomic mass is 10.4. The molecule has 0 N–H and O–H groups in total. The molecule has 2 nitrogen and oxygen atoms in total. The first-order chi connectivity index (χ1) is 5.86. The van der Waals surface area contributed by atoms with Crippen molar-refractivity contribution in [3.63, 3.8) is 0 Å². The Morgan fingerprint density at radius 2 is 2.42 bits per heavy atom. The van der Waals surface area contributed by atoms with Gasteiger partial charge in [0, 0.05) is 12.3 Å². The average molecular weight is 167 g/mol. The minimum absolute atomic E-state index is 0.317. The Morgan fingerprint density at radius 3 is 3.08 bits per heavy atom. The van der Waals surface area contributed by atoms with Gasteiger partial charge in [-0.25, -0.2) is 4.39 Å². The van der Waals surface area contributed by atoms with Crippen LogP contribution in [0.3, 0.4) is 0 Å². The zero-order valence-corrected chi connectivity index (χ0v) is 6.66. The van der Waals surface area contributed by atoms with E-state index in [0.29, 0.717) is 18.3 Å². The summed E-state index contributed by atoms with van der Waals surface area (Å²) in [6.45, 7) is 0.640. The highest BCUT2D eigenvalue weighted by atomic mass is 19.1. The summed E-state index contributed by atoms with van der Waals surface area (Å²) in [4.78, 5) is 3.63. The van der Waals surface area contributed by atoms with Crippen LogP contribution < -0.4 is 4.74 Å². The minimum Gasteiger partial charge on any atom is -0.490 e. The number of hydrogen-bond acceptors (Lipinski definition) is 2. The maximum Gasteiger partial charge on any atom is 0.183 e. The van der Waals surface area contributed by atoms with Crippen LogP contribution in [0.2, 0.25) is 0 Å². The van der Waals surface area contributed by atoms with Crippen LogP contribution in [0.15, 0.2) is 18.5 Å². The molecule has 12 heavy (non-hydrogen) atoms. The Bertz CT molecular complexity index is 273. The van der Waals surface area contributed by atoms with Gasteiger partial charge in [-0.05, 0) is 18.8 Å². The Morgan fingerprint density at radius 1 is 1.58 bits per heavy atom. The summed E-state index contributed by atoms with van der Waals surface area (Å²) in [6, 6.07) is 1.55. The lowest BCUT2D eigenvalue weighted by Gasteiger charge is -2.04. The quantitative estimate of drug-likeness (QED) is 0.687. The zero-order valence-electron chi connectivity index (χ0n) is 6.66. The highest BCUT2D eigenvalue weighted by molar-refractivity contribution is 5.19. The molecule has 2 rings (SSSR count). The van der Waals surface area contributed by atoms with Gasteiger partial charge in [0.25, 0.3) is 0 Å². The van der Waals surface area contributed by atoms with E-state index in [1.54, 1.807) is 6.07 Å². The molecule has 0 saturated heterocycles. The smallest absolute Gasteiger partial charge is 0.183 e. The maximum atomic E-state index is 12.9. The maximum absolute atomic E-state index is 12.9. The van der Waals surface area contributed by atoms with Crippen molar-refractivity contribution in [2.75, 3.05) is 6.61 Å². The van der Waals surface area contributed by atoms with Crippen molar-refractivity contribution in [2.45, 2.75) is 12.8 Å². The molecule has 1 aromatic rings. The van der Waals surface area contributed by atoms with Crippen LogP contribution >= 0.6 is 0 Å². The van der Waals surface area contributed by atoms with Gasteiger partial charge in [-0.3, -0.25) is 4.98 Å². The predicted octanol–water partition coefficient (Wildman–Crippen LogP) is 2.01. The molecule has 1 aliphatic carbocycles. The van der Waals surface area contributed by atoms with Crippen LogP contribution in [0.1, 0.15) is 12.8 Å². The molecule has 1 aromatic heterocycles. The van der Waals surface area contributed by atoms with Crippen molar-refractivity contribution in [1.29, 1.82) is 0 Å². The first-order valence-corrected chi connectivity index (χ1v) is 4.08. The minimum atomic E-state index is -0.377. The summed E-state index contributed by atoms with van der Waals surface area (Å²) < 4.78 is 18.1. The summed E-state index contributed by atoms with van der Waals surface area (Å²) in [7, 11) is 0. The largest absolute Gasteiger partial charge is 0.490 e. The van der Waals surface area contributed by atoms with Gasteiger partial charge in [0.05, 0.1) is 12.8 Å². The number of halogens is 1. The number of aromatic nitrogens is 1. The fourth-order valence-corrected chi connectivity index (χ4v) is 0.972. The van der Waals surface area contributed by atoms with Gasteiger partial charge in [0.2, 0.25) is 0 Å². The lowest BCUT2D eigenvalue weighted by Crippen LogP contribution is -2.00. The molecule has 3 heteroatoms. The van der Waals surface area contributed by atoms with Crippen LogP contribution in [0.25, 0.3) is 0 Å². The van der Waals surface area contributed by atoms with Gasteiger partial charge in [-0.1, -0.05) is 0 Å². The van der Waals surface area contributed by atoms with E-state index in [4.69, 9.17) is 4.74 Å². The molecule has 0 unspecified atom stereocenters. The molecule has 0 aliphatic heterocycles. The number of hydrogen-bond donors (Lipinski definition) is 0. The summed E-state index contributed by atoms with van der Waals surface area (Å²) in [5.41, 5.74) is 0. The fraction of sp³-hybridized carbons (Fsp3) is 0.444. The fourth-order valence-electron chi connectivity index (χ4n) is 0.972. The molecule has 0 aromatic carbocycles. The van der Waals surface area contributed by atoms with Crippen molar-refractivity contribution >= 4 is 0 Å². The first kappa shape index (κ1) is 7.53. The normalized spacial score (nSPS) is 16.1. The highest BCUT2D eigenvalue weighted by Crippen LogP contribution is 2.29. The molecule has 0 bridgehead atoms. The van der Waals surface area contributed by atoms with E-state index in [0.717, 1.165) is 0 Å². The van der Waals surface area contributed by atoms with Gasteiger partial charge in [-0.2, -0.15) is 0 Å². The highest BCUT2D eigenvalue weighted by Gasteiger charge is 2.22. The van der Waals surface area contributed by atoms with E-state index in [1.165, 1.54) is 25.2 Å². The molecule has 0 spiro atoms. The van der Waals surface area contributed by atoms with E-state index < -0.39 is 0 Å². The Labute approximate surface area is 70.4 Å². The molecule has 1 aliphatic rings. The van der Waals surface area contributed by atoms with Gasteiger partial charge in [-0.15, -0.1) is 0 Å². The third-order valence-electron chi connectivity index (χ3n) is 1.91. The Kier molecular flexibility index (Phi) is 1.94. The van der Waals surface area contributed by atoms with Crippen molar-refractivity contribution in [3.05, 3.63) is 24.3 Å². The van der Waals surface area contributed by atoms with E-state index in [2.05, 4.69) is 4.98 Å². The number of ether oxygens (including phenoxy) is 1. The lowest BCUT2D eigenvalue weighted by molar-refractivity contribution is 0.284. The second-order valence-electron chi connectivity index (χ2n) is 3.06. The Balaban J connectivity index is 1.96. The zero-order chi connectivity index (χ0) is 8.39. The molecule has 0 atom stereocenters. The summed E-state index contributed by atoms with van der Waals surface area (Å²) in [5.74, 6) is 0.590. The number of rotatable bonds is 3. The number of pyridine rings is 1.